The molecule has 0 saturated carbocycles. The Balaban J connectivity index is 2.67. The van der Waals surface area contributed by atoms with Crippen LogP contribution in [-0.4, -0.2) is 25.8 Å². The van der Waals surface area contributed by atoms with Crippen LogP contribution in [0.25, 0.3) is 0 Å². The molecule has 0 bridgehead atoms. The second kappa shape index (κ2) is 4.74. The van der Waals surface area contributed by atoms with Gasteiger partial charge in [0.05, 0.1) is 6.42 Å². The molecule has 0 radical (unpaired) electrons. The van der Waals surface area contributed by atoms with Crippen LogP contribution in [0.5, 0.6) is 0 Å². The third-order valence-electron chi connectivity index (χ3n) is 2.27. The number of carboxylic acids is 1. The van der Waals surface area contributed by atoms with E-state index in [1.807, 2.05) is 4.57 Å². The predicted octanol–water partition coefficient (Wildman–Crippen LogP) is 1.27. The molecule has 0 aromatic carbocycles. The molecule has 14 heavy (non-hydrogen) atoms. The van der Waals surface area contributed by atoms with Crippen LogP contribution in [0.2, 0.25) is 0 Å². The van der Waals surface area contributed by atoms with Crippen molar-refractivity contribution in [1.29, 1.82) is 0 Å². The van der Waals surface area contributed by atoms with Crippen molar-refractivity contribution in [3.63, 3.8) is 0 Å². The maximum Gasteiger partial charge on any atom is 0.305 e. The van der Waals surface area contributed by atoms with Gasteiger partial charge in [0, 0.05) is 12.5 Å². The fraction of sp³-hybridized carbons (Fsp3) is 0.667. The quantitative estimate of drug-likeness (QED) is 0.771. The average molecular weight is 197 g/mol. The summed E-state index contributed by atoms with van der Waals surface area (Å²) < 4.78 is 1.81. The minimum atomic E-state index is -0.797. The topological polar surface area (TPSA) is 68.0 Å². The van der Waals surface area contributed by atoms with Gasteiger partial charge in [-0.15, -0.1) is 10.2 Å². The Morgan fingerprint density at radius 1 is 1.71 bits per heavy atom. The summed E-state index contributed by atoms with van der Waals surface area (Å²) in [5.41, 5.74) is 0. The summed E-state index contributed by atoms with van der Waals surface area (Å²) >= 11 is 0. The molecule has 1 rings (SSSR count). The fourth-order valence-electron chi connectivity index (χ4n) is 1.22. The minimum Gasteiger partial charge on any atom is -0.481 e. The van der Waals surface area contributed by atoms with Crippen LogP contribution in [-0.2, 0) is 11.3 Å². The zero-order valence-corrected chi connectivity index (χ0v) is 8.47. The zero-order valence-electron chi connectivity index (χ0n) is 8.47. The SMILES string of the molecule is CCC(C)c1nncn1CCC(=O)O. The zero-order chi connectivity index (χ0) is 10.6. The second-order valence-corrected chi connectivity index (χ2v) is 3.34. The van der Waals surface area contributed by atoms with Gasteiger partial charge in [-0.2, -0.15) is 0 Å². The van der Waals surface area contributed by atoms with Crippen molar-refractivity contribution in [2.45, 2.75) is 39.2 Å². The summed E-state index contributed by atoms with van der Waals surface area (Å²) in [6, 6.07) is 0. The van der Waals surface area contributed by atoms with Crippen LogP contribution >= 0.6 is 0 Å². The molecule has 1 unspecified atom stereocenters. The summed E-state index contributed by atoms with van der Waals surface area (Å²) in [5, 5.41) is 16.3. The largest absolute Gasteiger partial charge is 0.481 e. The van der Waals surface area contributed by atoms with E-state index in [4.69, 9.17) is 5.11 Å². The number of aryl methyl sites for hydroxylation is 1. The fourth-order valence-corrected chi connectivity index (χ4v) is 1.22. The van der Waals surface area contributed by atoms with E-state index < -0.39 is 5.97 Å². The van der Waals surface area contributed by atoms with Crippen molar-refractivity contribution in [3.8, 4) is 0 Å². The number of aromatic nitrogens is 3. The van der Waals surface area contributed by atoms with Crippen LogP contribution in [0.1, 0.15) is 38.4 Å². The standard InChI is InChI=1S/C9H15N3O2/c1-3-7(2)9-11-10-6-12(9)5-4-8(13)14/h6-7H,3-5H2,1-2H3,(H,13,14). The van der Waals surface area contributed by atoms with Crippen molar-refractivity contribution in [1.82, 2.24) is 14.8 Å². The Morgan fingerprint density at radius 3 is 3.00 bits per heavy atom. The Bertz CT molecular complexity index is 309. The van der Waals surface area contributed by atoms with E-state index in [-0.39, 0.29) is 6.42 Å². The van der Waals surface area contributed by atoms with Crippen molar-refractivity contribution >= 4 is 5.97 Å². The molecule has 0 amide bonds. The maximum absolute atomic E-state index is 10.4. The lowest BCUT2D eigenvalue weighted by molar-refractivity contribution is -0.137. The van der Waals surface area contributed by atoms with Gasteiger partial charge in [-0.05, 0) is 6.42 Å². The number of carbonyl (C=O) groups is 1. The first-order valence-corrected chi connectivity index (χ1v) is 4.74. The van der Waals surface area contributed by atoms with E-state index >= 15 is 0 Å². The molecule has 78 valence electrons. The molecule has 5 heteroatoms. The van der Waals surface area contributed by atoms with Gasteiger partial charge in [0.2, 0.25) is 0 Å². The van der Waals surface area contributed by atoms with Gasteiger partial charge in [0.25, 0.3) is 0 Å². The van der Waals surface area contributed by atoms with Gasteiger partial charge < -0.3 is 9.67 Å². The molecule has 1 aromatic rings. The Morgan fingerprint density at radius 2 is 2.43 bits per heavy atom. The summed E-state index contributed by atoms with van der Waals surface area (Å²) in [5.74, 6) is 0.397. The van der Waals surface area contributed by atoms with Gasteiger partial charge in [0.1, 0.15) is 12.2 Å². The van der Waals surface area contributed by atoms with Gasteiger partial charge in [-0.3, -0.25) is 4.79 Å². The summed E-state index contributed by atoms with van der Waals surface area (Å²) in [6.07, 6.45) is 2.68. The van der Waals surface area contributed by atoms with Crippen molar-refractivity contribution in [2.24, 2.45) is 0 Å². The van der Waals surface area contributed by atoms with Gasteiger partial charge in [0.15, 0.2) is 0 Å². The monoisotopic (exact) mass is 197 g/mol. The summed E-state index contributed by atoms with van der Waals surface area (Å²) in [7, 11) is 0. The highest BCUT2D eigenvalue weighted by atomic mass is 16.4. The highest BCUT2D eigenvalue weighted by molar-refractivity contribution is 5.66. The van der Waals surface area contributed by atoms with Gasteiger partial charge >= 0.3 is 5.97 Å². The van der Waals surface area contributed by atoms with Crippen molar-refractivity contribution in [3.05, 3.63) is 12.2 Å². The average Bonchev–Trinajstić information content (AvgIpc) is 2.61. The summed E-state index contributed by atoms with van der Waals surface area (Å²) in [6.45, 7) is 4.57. The molecule has 1 heterocycles. The van der Waals surface area contributed by atoms with Crippen molar-refractivity contribution in [2.75, 3.05) is 0 Å². The first-order valence-electron chi connectivity index (χ1n) is 4.74. The van der Waals surface area contributed by atoms with E-state index in [0.717, 1.165) is 12.2 Å². The minimum absolute atomic E-state index is 0.113. The van der Waals surface area contributed by atoms with E-state index in [1.54, 1.807) is 6.33 Å². The Kier molecular flexibility index (Phi) is 3.62. The molecule has 0 aliphatic rings. The number of carboxylic acid groups (broad SMARTS) is 1. The van der Waals surface area contributed by atoms with Gasteiger partial charge in [-0.25, -0.2) is 0 Å². The Hall–Kier alpha value is -1.39. The molecule has 5 nitrogen and oxygen atoms in total. The third kappa shape index (κ3) is 2.55. The number of aliphatic carboxylic acids is 1. The maximum atomic E-state index is 10.4. The highest BCUT2D eigenvalue weighted by Crippen LogP contribution is 2.15. The molecule has 1 aromatic heterocycles. The molecule has 0 saturated heterocycles. The normalized spacial score (nSPS) is 12.7. The lowest BCUT2D eigenvalue weighted by Crippen LogP contribution is -2.09. The van der Waals surface area contributed by atoms with E-state index in [1.165, 1.54) is 0 Å². The first-order chi connectivity index (χ1) is 6.65. The Labute approximate surface area is 82.8 Å². The number of nitrogens with zero attached hydrogens (tertiary/aromatic N) is 3. The predicted molar refractivity (Wildman–Crippen MR) is 51.0 cm³/mol. The lowest BCUT2D eigenvalue weighted by Gasteiger charge is -2.09. The van der Waals surface area contributed by atoms with Crippen LogP contribution in [0, 0.1) is 0 Å². The van der Waals surface area contributed by atoms with Crippen LogP contribution in [0.3, 0.4) is 0 Å². The third-order valence-corrected chi connectivity index (χ3v) is 2.27. The van der Waals surface area contributed by atoms with Crippen LogP contribution < -0.4 is 0 Å². The van der Waals surface area contributed by atoms with E-state index in [9.17, 15) is 4.79 Å². The molecule has 0 aliphatic heterocycles. The number of hydrogen-bond acceptors (Lipinski definition) is 3. The van der Waals surface area contributed by atoms with Crippen LogP contribution in [0.4, 0.5) is 0 Å². The molecular formula is C9H15N3O2. The van der Waals surface area contributed by atoms with E-state index in [2.05, 4.69) is 24.0 Å². The smallest absolute Gasteiger partial charge is 0.305 e. The lowest BCUT2D eigenvalue weighted by atomic mass is 10.1. The molecule has 0 spiro atoms. The number of hydrogen-bond donors (Lipinski definition) is 1. The molecule has 1 atom stereocenters. The second-order valence-electron chi connectivity index (χ2n) is 3.34. The van der Waals surface area contributed by atoms with Gasteiger partial charge in [-0.1, -0.05) is 13.8 Å². The van der Waals surface area contributed by atoms with E-state index in [0.29, 0.717) is 12.5 Å². The highest BCUT2D eigenvalue weighted by Gasteiger charge is 2.11. The first kappa shape index (κ1) is 10.7. The number of rotatable bonds is 5. The molecule has 0 fully saturated rings. The summed E-state index contributed by atoms with van der Waals surface area (Å²) in [4.78, 5) is 10.4. The van der Waals surface area contributed by atoms with Crippen LogP contribution in [0.15, 0.2) is 6.33 Å². The molecule has 0 aliphatic carbocycles. The molecule has 1 N–H and O–H groups in total. The van der Waals surface area contributed by atoms with Crippen molar-refractivity contribution < 1.29 is 9.90 Å². The molecular weight excluding hydrogens is 182 g/mol.